The van der Waals surface area contributed by atoms with E-state index in [9.17, 15) is 0 Å². The maximum atomic E-state index is 6.19. The van der Waals surface area contributed by atoms with Gasteiger partial charge in [0.15, 0.2) is 0 Å². The highest BCUT2D eigenvalue weighted by Crippen LogP contribution is 2.21. The van der Waals surface area contributed by atoms with Crippen molar-refractivity contribution in [2.75, 3.05) is 17.6 Å². The first-order valence-electron chi connectivity index (χ1n) is 7.85. The first-order valence-corrected chi connectivity index (χ1v) is 8.23. The summed E-state index contributed by atoms with van der Waals surface area (Å²) in [7, 11) is 0. The molecule has 0 unspecified atom stereocenters. The van der Waals surface area contributed by atoms with Crippen LogP contribution in [0.1, 0.15) is 16.7 Å². The van der Waals surface area contributed by atoms with Gasteiger partial charge in [-0.25, -0.2) is 4.98 Å². The van der Waals surface area contributed by atoms with Gasteiger partial charge in [-0.1, -0.05) is 60.1 Å². The summed E-state index contributed by atoms with van der Waals surface area (Å²) in [5.74, 6) is 1.03. The number of nitrogens with one attached hydrogen (secondary N) is 1. The lowest BCUT2D eigenvalue weighted by atomic mass is 10.1. The van der Waals surface area contributed by atoms with Crippen molar-refractivity contribution in [3.63, 3.8) is 0 Å². The molecule has 1 aromatic heterocycles. The van der Waals surface area contributed by atoms with Gasteiger partial charge in [-0.3, -0.25) is 0 Å². The maximum Gasteiger partial charge on any atom is 0.224 e. The molecule has 2 aromatic carbocycles. The summed E-state index contributed by atoms with van der Waals surface area (Å²) in [6.45, 7) is 0.757. The largest absolute Gasteiger partial charge is 0.383 e. The van der Waals surface area contributed by atoms with Crippen molar-refractivity contribution in [2.45, 2.75) is 12.8 Å². The molecule has 0 aliphatic heterocycles. The zero-order valence-corrected chi connectivity index (χ0v) is 14.0. The Morgan fingerprint density at radius 2 is 1.71 bits per heavy atom. The number of nitrogens with zero attached hydrogens (tertiary/aromatic N) is 2. The molecule has 0 fully saturated rings. The molecule has 0 bridgehead atoms. The number of benzene rings is 2. The molecule has 1 heterocycles. The molecule has 3 rings (SSSR count). The molecule has 3 N–H and O–H groups in total. The molecule has 0 saturated heterocycles. The molecule has 0 amide bonds. The molecule has 3 aromatic rings. The Balaban J connectivity index is 1.61. The fraction of sp³-hybridized carbons (Fsp3) is 0.158. The summed E-state index contributed by atoms with van der Waals surface area (Å²) in [5.41, 5.74) is 9.22. The first kappa shape index (κ1) is 16.3. The summed E-state index contributed by atoms with van der Waals surface area (Å²) < 4.78 is 0. The molecule has 0 atom stereocenters. The molecule has 122 valence electrons. The molecule has 0 saturated carbocycles. The van der Waals surface area contributed by atoms with E-state index < -0.39 is 0 Å². The topological polar surface area (TPSA) is 63.8 Å². The van der Waals surface area contributed by atoms with Crippen molar-refractivity contribution >= 4 is 23.4 Å². The van der Waals surface area contributed by atoms with E-state index in [1.54, 1.807) is 6.20 Å². The summed E-state index contributed by atoms with van der Waals surface area (Å²) in [5, 5.41) is 3.93. The van der Waals surface area contributed by atoms with Crippen LogP contribution >= 0.6 is 11.6 Å². The zero-order valence-electron chi connectivity index (χ0n) is 13.2. The molecule has 4 nitrogen and oxygen atoms in total. The van der Waals surface area contributed by atoms with Crippen LogP contribution in [0, 0.1) is 0 Å². The fourth-order valence-electron chi connectivity index (χ4n) is 2.45. The Morgan fingerprint density at radius 3 is 2.46 bits per heavy atom. The Labute approximate surface area is 146 Å². The highest BCUT2D eigenvalue weighted by molar-refractivity contribution is 6.31. The molecule has 0 spiro atoms. The van der Waals surface area contributed by atoms with Gasteiger partial charge in [0.1, 0.15) is 5.82 Å². The van der Waals surface area contributed by atoms with Gasteiger partial charge < -0.3 is 11.1 Å². The number of halogens is 1. The van der Waals surface area contributed by atoms with E-state index in [0.717, 1.165) is 29.1 Å². The van der Waals surface area contributed by atoms with Gasteiger partial charge in [-0.05, 0) is 23.6 Å². The van der Waals surface area contributed by atoms with Gasteiger partial charge in [-0.15, -0.1) is 0 Å². The average Bonchev–Trinajstić information content (AvgIpc) is 2.60. The number of hydrogen-bond donors (Lipinski definition) is 2. The molecular weight excluding hydrogens is 320 g/mol. The lowest BCUT2D eigenvalue weighted by Gasteiger charge is -2.09. The normalized spacial score (nSPS) is 10.5. The minimum atomic E-state index is 0.479. The van der Waals surface area contributed by atoms with E-state index in [4.69, 9.17) is 17.3 Å². The molecule has 24 heavy (non-hydrogen) atoms. The van der Waals surface area contributed by atoms with Crippen LogP contribution in [0.5, 0.6) is 0 Å². The zero-order chi connectivity index (χ0) is 16.8. The predicted octanol–water partition coefficient (Wildman–Crippen LogP) is 3.96. The predicted molar refractivity (Wildman–Crippen MR) is 99.3 cm³/mol. The minimum absolute atomic E-state index is 0.479. The molecule has 0 aliphatic carbocycles. The third kappa shape index (κ3) is 4.24. The van der Waals surface area contributed by atoms with Gasteiger partial charge in [-0.2, -0.15) is 4.98 Å². The SMILES string of the molecule is Nc1nc(NCCc2ccccc2)ncc1Cc1ccccc1Cl. The Hall–Kier alpha value is -2.59. The molecule has 0 radical (unpaired) electrons. The summed E-state index contributed by atoms with van der Waals surface area (Å²) in [6.07, 6.45) is 3.29. The maximum absolute atomic E-state index is 6.19. The summed E-state index contributed by atoms with van der Waals surface area (Å²) >= 11 is 6.19. The van der Waals surface area contributed by atoms with Crippen molar-refractivity contribution in [3.05, 3.63) is 82.5 Å². The number of nitrogen functional groups attached to an aromatic ring is 1. The van der Waals surface area contributed by atoms with E-state index in [-0.39, 0.29) is 0 Å². The van der Waals surface area contributed by atoms with E-state index in [1.807, 2.05) is 42.5 Å². The molecule has 5 heteroatoms. The van der Waals surface area contributed by atoms with Crippen LogP contribution in [0.25, 0.3) is 0 Å². The van der Waals surface area contributed by atoms with E-state index in [2.05, 4.69) is 27.4 Å². The first-order chi connectivity index (χ1) is 11.7. The third-order valence-corrected chi connectivity index (χ3v) is 4.15. The fourth-order valence-corrected chi connectivity index (χ4v) is 2.65. The lowest BCUT2D eigenvalue weighted by Crippen LogP contribution is -2.10. The van der Waals surface area contributed by atoms with Gasteiger partial charge >= 0.3 is 0 Å². The Bertz CT molecular complexity index is 805. The van der Waals surface area contributed by atoms with Crippen molar-refractivity contribution in [3.8, 4) is 0 Å². The van der Waals surface area contributed by atoms with Crippen molar-refractivity contribution in [1.29, 1.82) is 0 Å². The van der Waals surface area contributed by atoms with Gasteiger partial charge in [0.2, 0.25) is 5.95 Å². The van der Waals surface area contributed by atoms with Crippen LogP contribution < -0.4 is 11.1 Å². The number of nitrogens with two attached hydrogens (primary N) is 1. The number of rotatable bonds is 6. The van der Waals surface area contributed by atoms with Crippen LogP contribution in [-0.2, 0) is 12.8 Å². The van der Waals surface area contributed by atoms with Crippen LogP contribution in [0.2, 0.25) is 5.02 Å². The Morgan fingerprint density at radius 1 is 0.958 bits per heavy atom. The second kappa shape index (κ2) is 7.79. The van der Waals surface area contributed by atoms with Crippen molar-refractivity contribution < 1.29 is 0 Å². The quantitative estimate of drug-likeness (QED) is 0.714. The van der Waals surface area contributed by atoms with Gasteiger partial charge in [0, 0.05) is 29.7 Å². The summed E-state index contributed by atoms with van der Waals surface area (Å²) in [4.78, 5) is 8.69. The van der Waals surface area contributed by atoms with Gasteiger partial charge in [0.25, 0.3) is 0 Å². The smallest absolute Gasteiger partial charge is 0.224 e. The van der Waals surface area contributed by atoms with Crippen LogP contribution in [0.3, 0.4) is 0 Å². The van der Waals surface area contributed by atoms with Crippen molar-refractivity contribution in [2.24, 2.45) is 0 Å². The number of hydrogen-bond acceptors (Lipinski definition) is 4. The van der Waals surface area contributed by atoms with E-state index >= 15 is 0 Å². The second-order valence-corrected chi connectivity index (χ2v) is 5.94. The van der Waals surface area contributed by atoms with Crippen LogP contribution in [0.4, 0.5) is 11.8 Å². The van der Waals surface area contributed by atoms with E-state index in [0.29, 0.717) is 18.2 Å². The van der Waals surface area contributed by atoms with Crippen LogP contribution in [-0.4, -0.2) is 16.5 Å². The summed E-state index contributed by atoms with van der Waals surface area (Å²) in [6, 6.07) is 18.0. The number of aromatic nitrogens is 2. The average molecular weight is 339 g/mol. The minimum Gasteiger partial charge on any atom is -0.383 e. The highest BCUT2D eigenvalue weighted by Gasteiger charge is 2.07. The third-order valence-electron chi connectivity index (χ3n) is 3.78. The van der Waals surface area contributed by atoms with Crippen molar-refractivity contribution in [1.82, 2.24) is 9.97 Å². The van der Waals surface area contributed by atoms with E-state index in [1.165, 1.54) is 5.56 Å². The standard InChI is InChI=1S/C19H19ClN4/c20-17-9-5-4-8-15(17)12-16-13-23-19(24-18(16)21)22-11-10-14-6-2-1-3-7-14/h1-9,13H,10-12H2,(H3,21,22,23,24). The highest BCUT2D eigenvalue weighted by atomic mass is 35.5. The molecular formula is C19H19ClN4. The second-order valence-electron chi connectivity index (χ2n) is 5.53. The monoisotopic (exact) mass is 338 g/mol. The van der Waals surface area contributed by atoms with Crippen LogP contribution in [0.15, 0.2) is 60.8 Å². The van der Waals surface area contributed by atoms with Gasteiger partial charge in [0.05, 0.1) is 0 Å². The number of anilines is 2. The lowest BCUT2D eigenvalue weighted by molar-refractivity contribution is 0.977. The molecule has 0 aliphatic rings. The Kier molecular flexibility index (Phi) is 5.29.